The average Bonchev–Trinajstić information content (AvgIpc) is 4.42. The van der Waals surface area contributed by atoms with Crippen LogP contribution >= 0.6 is 22.7 Å². The fourth-order valence-corrected chi connectivity index (χ4v) is 15.4. The Balaban J connectivity index is 0.843. The van der Waals surface area contributed by atoms with Gasteiger partial charge in [0, 0.05) is 67.8 Å². The number of nitrogens with zero attached hydrogens (tertiary/aromatic N) is 3. The van der Waals surface area contributed by atoms with Gasteiger partial charge in [0.25, 0.3) is 0 Å². The summed E-state index contributed by atoms with van der Waals surface area (Å²) >= 11 is 3.58. The minimum Gasteiger partial charge on any atom is -0.456 e. The van der Waals surface area contributed by atoms with Crippen molar-refractivity contribution in [2.75, 3.05) is 0 Å². The van der Waals surface area contributed by atoms with Crippen LogP contribution in [0.1, 0.15) is 22.3 Å². The minimum absolute atomic E-state index is 0.407. The van der Waals surface area contributed by atoms with E-state index in [9.17, 15) is 0 Å². The molecule has 4 heterocycles. The highest BCUT2D eigenvalue weighted by Gasteiger charge is 2.52. The van der Waals surface area contributed by atoms with Gasteiger partial charge in [0.1, 0.15) is 11.2 Å². The van der Waals surface area contributed by atoms with Gasteiger partial charge in [-0.1, -0.05) is 188 Å². The number of hydrogen-bond acceptors (Lipinski definition) is 6. The summed E-state index contributed by atoms with van der Waals surface area (Å²) in [6.07, 6.45) is 0. The molecule has 4 nitrogen and oxygen atoms in total. The van der Waals surface area contributed by atoms with E-state index >= 15 is 0 Å². The topological polar surface area (TPSA) is 51.8 Å². The number of furan rings is 1. The van der Waals surface area contributed by atoms with Crippen LogP contribution in [0.2, 0.25) is 0 Å². The number of benzene rings is 11. The zero-order valence-corrected chi connectivity index (χ0v) is 42.2. The normalized spacial score (nSPS) is 13.1. The highest BCUT2D eigenvalue weighted by atomic mass is 32.1. The lowest BCUT2D eigenvalue weighted by Crippen LogP contribution is -2.25. The van der Waals surface area contributed by atoms with Crippen molar-refractivity contribution >= 4 is 85.0 Å². The molecule has 15 aromatic rings. The maximum absolute atomic E-state index is 6.73. The molecule has 0 fully saturated rings. The molecule has 0 bridgehead atoms. The molecule has 2 aliphatic rings. The molecular formula is C70H39N3OS2. The third-order valence-electron chi connectivity index (χ3n) is 16.2. The molecule has 4 aromatic heterocycles. The van der Waals surface area contributed by atoms with Crippen molar-refractivity contribution < 1.29 is 4.42 Å². The highest BCUT2D eigenvalue weighted by Crippen LogP contribution is 2.64. The fraction of sp³-hybridized carbons (Fsp3) is 0.0143. The molecule has 0 radical (unpaired) electrons. The van der Waals surface area contributed by atoms with Gasteiger partial charge < -0.3 is 4.42 Å². The zero-order chi connectivity index (χ0) is 49.6. The smallest absolute Gasteiger partial charge is 0.165 e. The van der Waals surface area contributed by atoms with Crippen molar-refractivity contribution in [1.29, 1.82) is 0 Å². The lowest BCUT2D eigenvalue weighted by atomic mass is 9.70. The molecule has 0 aliphatic heterocycles. The molecule has 6 heteroatoms. The van der Waals surface area contributed by atoms with Crippen LogP contribution in [0.4, 0.5) is 0 Å². The van der Waals surface area contributed by atoms with Gasteiger partial charge in [-0.05, 0) is 115 Å². The molecule has 0 N–H and O–H groups in total. The molecule has 1 spiro atoms. The molecule has 17 rings (SSSR count). The van der Waals surface area contributed by atoms with E-state index in [0.29, 0.717) is 17.5 Å². The maximum atomic E-state index is 6.73. The van der Waals surface area contributed by atoms with E-state index < -0.39 is 5.41 Å². The van der Waals surface area contributed by atoms with E-state index in [1.807, 2.05) is 0 Å². The molecule has 2 aliphatic carbocycles. The summed E-state index contributed by atoms with van der Waals surface area (Å²) in [4.78, 5) is 16.3. The first kappa shape index (κ1) is 42.1. The van der Waals surface area contributed by atoms with Crippen molar-refractivity contribution in [2.45, 2.75) is 5.41 Å². The van der Waals surface area contributed by atoms with Crippen LogP contribution in [0.3, 0.4) is 0 Å². The molecule has 11 aromatic carbocycles. The summed E-state index contributed by atoms with van der Waals surface area (Å²) in [5.41, 5.74) is 19.2. The molecule has 0 atom stereocenters. The Morgan fingerprint density at radius 2 is 0.816 bits per heavy atom. The predicted molar refractivity (Wildman–Crippen MR) is 316 cm³/mol. The van der Waals surface area contributed by atoms with Crippen molar-refractivity contribution in [3.8, 4) is 78.7 Å². The average molecular weight is 1000 g/mol. The van der Waals surface area contributed by atoms with Crippen LogP contribution in [-0.2, 0) is 5.41 Å². The first-order chi connectivity index (χ1) is 37.7. The molecular weight excluding hydrogens is 963 g/mol. The second-order valence-corrected chi connectivity index (χ2v) is 22.2. The largest absolute Gasteiger partial charge is 0.456 e. The summed E-state index contributed by atoms with van der Waals surface area (Å²) in [5, 5.41) is 6.76. The third-order valence-corrected chi connectivity index (χ3v) is 18.5. The van der Waals surface area contributed by atoms with Crippen molar-refractivity contribution in [3.63, 3.8) is 0 Å². The Morgan fingerprint density at radius 1 is 0.303 bits per heavy atom. The van der Waals surface area contributed by atoms with Gasteiger partial charge in [-0.3, -0.25) is 0 Å². The summed E-state index contributed by atoms with van der Waals surface area (Å²) in [6.45, 7) is 0. The zero-order valence-electron chi connectivity index (χ0n) is 40.6. The molecule has 0 saturated heterocycles. The Hall–Kier alpha value is -9.33. The van der Waals surface area contributed by atoms with E-state index in [0.717, 1.165) is 59.8 Å². The van der Waals surface area contributed by atoms with Crippen LogP contribution in [-0.4, -0.2) is 15.0 Å². The number of aromatic nitrogens is 3. The van der Waals surface area contributed by atoms with Crippen molar-refractivity contribution in [3.05, 3.63) is 259 Å². The second-order valence-electron chi connectivity index (χ2n) is 20.1. The highest BCUT2D eigenvalue weighted by molar-refractivity contribution is 7.26. The number of hydrogen-bond donors (Lipinski definition) is 0. The molecule has 0 amide bonds. The molecule has 352 valence electrons. The van der Waals surface area contributed by atoms with Crippen LogP contribution in [0.15, 0.2) is 241 Å². The lowest BCUT2D eigenvalue weighted by Gasteiger charge is -2.30. The van der Waals surface area contributed by atoms with Crippen LogP contribution in [0.25, 0.3) is 141 Å². The summed E-state index contributed by atoms with van der Waals surface area (Å²) in [5.74, 6) is 1.87. The molecule has 76 heavy (non-hydrogen) atoms. The summed E-state index contributed by atoms with van der Waals surface area (Å²) < 4.78 is 11.5. The SMILES string of the molecule is c1cc(-c2ccc3oc4cccc(-c5nc(-c6cccc7c6sc6ccccc67)nc(-c6cccc7sc8ccccc8c67)n5)c4c3c2)cc(-c2cccc3c2-c2ccccc2C32c3ccccc3-c3ccccc32)c1. The maximum Gasteiger partial charge on any atom is 0.165 e. The number of rotatable bonds is 5. The Morgan fingerprint density at radius 3 is 1.61 bits per heavy atom. The fourth-order valence-electron chi connectivity index (χ4n) is 13.1. The summed E-state index contributed by atoms with van der Waals surface area (Å²) in [6, 6.07) is 86.1. The van der Waals surface area contributed by atoms with E-state index in [1.54, 1.807) is 22.7 Å². The minimum atomic E-state index is -0.407. The van der Waals surface area contributed by atoms with E-state index in [-0.39, 0.29) is 0 Å². The summed E-state index contributed by atoms with van der Waals surface area (Å²) in [7, 11) is 0. The van der Waals surface area contributed by atoms with Crippen LogP contribution in [0, 0.1) is 0 Å². The second kappa shape index (κ2) is 15.8. The van der Waals surface area contributed by atoms with Gasteiger partial charge in [-0.2, -0.15) is 0 Å². The van der Waals surface area contributed by atoms with Crippen molar-refractivity contribution in [2.24, 2.45) is 0 Å². The van der Waals surface area contributed by atoms with Gasteiger partial charge >= 0.3 is 0 Å². The Kier molecular flexibility index (Phi) is 8.77. The van der Waals surface area contributed by atoms with Gasteiger partial charge in [-0.15, -0.1) is 22.7 Å². The third kappa shape index (κ3) is 5.80. The first-order valence-electron chi connectivity index (χ1n) is 25.7. The number of thiophene rings is 2. The van der Waals surface area contributed by atoms with Crippen molar-refractivity contribution in [1.82, 2.24) is 15.0 Å². The van der Waals surface area contributed by atoms with E-state index in [1.165, 1.54) is 85.9 Å². The van der Waals surface area contributed by atoms with E-state index in [2.05, 4.69) is 237 Å². The molecule has 0 unspecified atom stereocenters. The molecule has 0 saturated carbocycles. The lowest BCUT2D eigenvalue weighted by molar-refractivity contribution is 0.669. The quantitative estimate of drug-likeness (QED) is 0.172. The first-order valence-corrected chi connectivity index (χ1v) is 27.4. The standard InChI is InChI=1S/C70H39N3OS2/c1-6-28-54-44(18-1)45-19-2-7-29-55(45)70(54)56-30-8-3-21-48(56)63-43(23-13-31-57(63)70)42-17-11-16-40(38-42)41-36-37-58-53(39-41)64-50(25-14-32-59(64)74-58)67-71-68(51-26-15-35-62-65(51)49-22-5-10-34-61(49)75-62)73-69(72-67)52-27-12-24-47-46-20-4-9-33-60(46)76-66(47)52/h1-39H. The van der Waals surface area contributed by atoms with Gasteiger partial charge in [-0.25, -0.2) is 15.0 Å². The van der Waals surface area contributed by atoms with Gasteiger partial charge in [0.15, 0.2) is 17.5 Å². The monoisotopic (exact) mass is 1000 g/mol. The number of fused-ring (bicyclic) bond motifs is 19. The van der Waals surface area contributed by atoms with Crippen LogP contribution < -0.4 is 0 Å². The van der Waals surface area contributed by atoms with E-state index in [4.69, 9.17) is 19.4 Å². The van der Waals surface area contributed by atoms with Gasteiger partial charge in [0.05, 0.1) is 5.41 Å². The van der Waals surface area contributed by atoms with Gasteiger partial charge in [0.2, 0.25) is 0 Å². The van der Waals surface area contributed by atoms with Crippen LogP contribution in [0.5, 0.6) is 0 Å². The Bertz CT molecular complexity index is 4930. The predicted octanol–water partition coefficient (Wildman–Crippen LogP) is 19.2. The Labute approximate surface area is 444 Å².